The zero-order chi connectivity index (χ0) is 31.8. The molecule has 0 aromatic rings. The van der Waals surface area contributed by atoms with Crippen molar-refractivity contribution in [3.05, 3.63) is 0 Å². The van der Waals surface area contributed by atoms with E-state index in [2.05, 4.69) is 59.9 Å². The monoisotopic (exact) mass is 626 g/mol. The zero-order valence-corrected chi connectivity index (χ0v) is 29.1. The summed E-state index contributed by atoms with van der Waals surface area (Å²) < 4.78 is 34.4. The second-order valence-corrected chi connectivity index (χ2v) is 17.7. The molecular formula is C34H59O8P. The van der Waals surface area contributed by atoms with Gasteiger partial charge in [0, 0.05) is 19.1 Å². The summed E-state index contributed by atoms with van der Waals surface area (Å²) in [5, 5.41) is 0. The number of esters is 1. The van der Waals surface area contributed by atoms with Crippen molar-refractivity contribution in [3.63, 3.8) is 0 Å². The Morgan fingerprint density at radius 2 is 1.60 bits per heavy atom. The zero-order valence-electron chi connectivity index (χ0n) is 28.2. The van der Waals surface area contributed by atoms with E-state index in [0.717, 1.165) is 51.4 Å². The van der Waals surface area contributed by atoms with Crippen LogP contribution in [0.25, 0.3) is 0 Å². The Hall–Kier alpha value is -0.500. The molecule has 5 fully saturated rings. The van der Waals surface area contributed by atoms with E-state index in [9.17, 15) is 19.1 Å². The molecule has 8 nitrogen and oxygen atoms in total. The topological polar surface area (TPSA) is 112 Å². The normalized spacial score (nSPS) is 49.2. The molecule has 5 rings (SSSR count). The Morgan fingerprint density at radius 3 is 2.23 bits per heavy atom. The minimum absolute atomic E-state index is 0.0197. The van der Waals surface area contributed by atoms with Crippen LogP contribution in [0.1, 0.15) is 113 Å². The van der Waals surface area contributed by atoms with E-state index in [1.807, 2.05) is 7.11 Å². The number of methoxy groups -OCH3 is 1. The summed E-state index contributed by atoms with van der Waals surface area (Å²) in [4.78, 5) is 32.4. The van der Waals surface area contributed by atoms with E-state index in [-0.39, 0.29) is 45.8 Å². The Labute approximate surface area is 260 Å². The molecule has 0 aliphatic heterocycles. The molecule has 0 heterocycles. The van der Waals surface area contributed by atoms with Crippen LogP contribution in [0.15, 0.2) is 0 Å². The second-order valence-electron chi connectivity index (χ2n) is 16.5. The molecule has 5 aliphatic carbocycles. The fourth-order valence-electron chi connectivity index (χ4n) is 12.7. The molecule has 0 amide bonds. The van der Waals surface area contributed by atoms with Crippen molar-refractivity contribution in [3.8, 4) is 0 Å². The molecule has 248 valence electrons. The van der Waals surface area contributed by atoms with Crippen LogP contribution in [0.4, 0.5) is 0 Å². The Balaban J connectivity index is 1.55. The lowest BCUT2D eigenvalue weighted by atomic mass is 9.30. The molecule has 0 spiro atoms. The summed E-state index contributed by atoms with van der Waals surface area (Å²) in [6, 6.07) is 0. The van der Waals surface area contributed by atoms with E-state index in [1.165, 1.54) is 6.42 Å². The van der Waals surface area contributed by atoms with Gasteiger partial charge in [-0.3, -0.25) is 4.79 Å². The molecule has 0 aromatic carbocycles. The maximum atomic E-state index is 14.0. The van der Waals surface area contributed by atoms with Gasteiger partial charge >= 0.3 is 13.8 Å². The van der Waals surface area contributed by atoms with Gasteiger partial charge in [-0.1, -0.05) is 48.5 Å². The average Bonchev–Trinajstić information content (AvgIpc) is 2.91. The number of rotatable bonds is 7. The highest BCUT2D eigenvalue weighted by molar-refractivity contribution is 7.46. The van der Waals surface area contributed by atoms with Gasteiger partial charge in [0.25, 0.3) is 0 Å². The maximum absolute atomic E-state index is 14.0. The molecule has 12 atom stereocenters. The van der Waals surface area contributed by atoms with Gasteiger partial charge in [0.1, 0.15) is 0 Å². The maximum Gasteiger partial charge on any atom is 0.472 e. The highest BCUT2D eigenvalue weighted by Crippen LogP contribution is 2.77. The molecule has 5 saturated carbocycles. The minimum atomic E-state index is -4.73. The first kappa shape index (κ1) is 33.9. The summed E-state index contributed by atoms with van der Waals surface area (Å²) in [6.45, 7) is 19.3. The third-order valence-electron chi connectivity index (χ3n) is 15.1. The van der Waals surface area contributed by atoms with Crippen molar-refractivity contribution in [2.24, 2.45) is 62.6 Å². The molecule has 43 heavy (non-hydrogen) atoms. The summed E-state index contributed by atoms with van der Waals surface area (Å²) in [5.41, 5.74) is -0.475. The number of carbonyl (C=O) groups is 1. The quantitative estimate of drug-likeness (QED) is 0.171. The summed E-state index contributed by atoms with van der Waals surface area (Å²) in [7, 11) is -2.86. The van der Waals surface area contributed by atoms with Gasteiger partial charge in [-0.2, -0.15) is 0 Å². The van der Waals surface area contributed by atoms with Crippen LogP contribution in [-0.2, 0) is 28.1 Å². The highest BCUT2D eigenvalue weighted by Gasteiger charge is 2.74. The Kier molecular flexibility index (Phi) is 8.92. The lowest BCUT2D eigenvalue weighted by Gasteiger charge is -2.75. The number of fused-ring (bicyclic) bond motifs is 7. The SMILES string of the molecule is CCOC1CC2C(C)(C)C(OC)CCC2(C)C2CCC3C4C(C)C(C)CCC4(C(=O)OCOP(=O)(O)O)CCC3(C)C12C. The van der Waals surface area contributed by atoms with Crippen LogP contribution in [-0.4, -0.2) is 48.5 Å². The van der Waals surface area contributed by atoms with Gasteiger partial charge in [0.05, 0.1) is 17.6 Å². The average molecular weight is 627 g/mol. The second kappa shape index (κ2) is 11.3. The highest BCUT2D eigenvalue weighted by atomic mass is 31.2. The molecule has 2 N–H and O–H groups in total. The number of ether oxygens (including phenoxy) is 3. The van der Waals surface area contributed by atoms with Crippen molar-refractivity contribution >= 4 is 13.8 Å². The molecule has 12 unspecified atom stereocenters. The predicted octanol–water partition coefficient (Wildman–Crippen LogP) is 7.36. The van der Waals surface area contributed by atoms with E-state index in [0.29, 0.717) is 36.2 Å². The van der Waals surface area contributed by atoms with Gasteiger partial charge < -0.3 is 24.0 Å². The standard InChI is InChI=1S/C34H59O8P/c1-10-40-27-19-25-30(4,5)26(39-9)14-15-31(25,6)24-12-11-23-28-22(3)21(2)13-16-34(28,18-17-32(23,7)33(24,27)8)29(35)41-20-42-43(36,37)38/h21-28H,10-20H2,1-9H3,(H2,36,37,38). The van der Waals surface area contributed by atoms with Gasteiger partial charge in [-0.25, -0.2) is 9.09 Å². The molecule has 5 aliphatic rings. The number of phosphoric ester groups is 1. The molecule has 9 heteroatoms. The van der Waals surface area contributed by atoms with Crippen LogP contribution in [0.5, 0.6) is 0 Å². The lowest BCUT2D eigenvalue weighted by Crippen LogP contribution is -2.72. The van der Waals surface area contributed by atoms with E-state index in [4.69, 9.17) is 14.2 Å². The van der Waals surface area contributed by atoms with Gasteiger partial charge in [0.2, 0.25) is 6.79 Å². The Bertz CT molecular complexity index is 1110. The van der Waals surface area contributed by atoms with E-state index >= 15 is 0 Å². The molecular weight excluding hydrogens is 567 g/mol. The third kappa shape index (κ3) is 4.94. The van der Waals surface area contributed by atoms with Crippen molar-refractivity contribution in [1.29, 1.82) is 0 Å². The first-order valence-electron chi connectivity index (χ1n) is 17.0. The number of phosphoric acid groups is 1. The number of hydrogen-bond donors (Lipinski definition) is 2. The van der Waals surface area contributed by atoms with Crippen LogP contribution >= 0.6 is 7.82 Å². The summed E-state index contributed by atoms with van der Waals surface area (Å²) in [5.74, 6) is 1.99. The molecule has 0 saturated heterocycles. The smallest absolute Gasteiger partial charge is 0.437 e. The van der Waals surface area contributed by atoms with Crippen molar-refractivity contribution in [1.82, 2.24) is 0 Å². The molecule has 0 radical (unpaired) electrons. The molecule has 0 aromatic heterocycles. The van der Waals surface area contributed by atoms with Gasteiger partial charge in [0.15, 0.2) is 0 Å². The van der Waals surface area contributed by atoms with Crippen LogP contribution in [0, 0.1) is 62.6 Å². The van der Waals surface area contributed by atoms with E-state index < -0.39 is 20.0 Å². The predicted molar refractivity (Wildman–Crippen MR) is 165 cm³/mol. The van der Waals surface area contributed by atoms with Crippen molar-refractivity contribution in [2.75, 3.05) is 20.5 Å². The van der Waals surface area contributed by atoms with Crippen molar-refractivity contribution < 1.29 is 37.9 Å². The summed E-state index contributed by atoms with van der Waals surface area (Å²) in [6.07, 6.45) is 9.26. The van der Waals surface area contributed by atoms with Crippen molar-refractivity contribution in [2.45, 2.75) is 125 Å². The Morgan fingerprint density at radius 1 is 0.907 bits per heavy atom. The first-order valence-corrected chi connectivity index (χ1v) is 18.5. The summed E-state index contributed by atoms with van der Waals surface area (Å²) >= 11 is 0. The van der Waals surface area contributed by atoms with Crippen LogP contribution < -0.4 is 0 Å². The first-order chi connectivity index (χ1) is 19.9. The fraction of sp³-hybridized carbons (Fsp3) is 0.971. The fourth-order valence-corrected chi connectivity index (χ4v) is 12.9. The minimum Gasteiger partial charge on any atom is -0.437 e. The van der Waals surface area contributed by atoms with Crippen LogP contribution in [0.3, 0.4) is 0 Å². The van der Waals surface area contributed by atoms with Gasteiger partial charge in [-0.15, -0.1) is 0 Å². The van der Waals surface area contributed by atoms with Crippen LogP contribution in [0.2, 0.25) is 0 Å². The van der Waals surface area contributed by atoms with E-state index in [1.54, 1.807) is 0 Å². The largest absolute Gasteiger partial charge is 0.472 e. The molecule has 0 bridgehead atoms. The lowest BCUT2D eigenvalue weighted by molar-refractivity contribution is -0.298. The number of hydrogen-bond acceptors (Lipinski definition) is 6. The number of carbonyl (C=O) groups excluding carboxylic acids is 1. The van der Waals surface area contributed by atoms with Gasteiger partial charge in [-0.05, 0) is 116 Å². The third-order valence-corrected chi connectivity index (χ3v) is 15.5.